The number of fused-ring (bicyclic) bond motifs is 3. The van der Waals surface area contributed by atoms with E-state index < -0.39 is 0 Å². The molecule has 0 unspecified atom stereocenters. The molecule has 0 aromatic rings. The summed E-state index contributed by atoms with van der Waals surface area (Å²) < 4.78 is 0. The Kier molecular flexibility index (Phi) is 1.61. The molecule has 0 aliphatic carbocycles. The Morgan fingerprint density at radius 2 is 1.25 bits per heavy atom. The second-order valence-electron chi connectivity index (χ2n) is 3.87. The van der Waals surface area contributed by atoms with Crippen LogP contribution in [0.2, 0.25) is 0 Å². The van der Waals surface area contributed by atoms with E-state index in [2.05, 4.69) is 20.4 Å². The van der Waals surface area contributed by atoms with Crippen molar-refractivity contribution in [3.8, 4) is 0 Å². The average Bonchev–Trinajstić information content (AvgIpc) is 2.71. The molecule has 0 aromatic carbocycles. The van der Waals surface area contributed by atoms with E-state index in [0.29, 0.717) is 12.3 Å². The van der Waals surface area contributed by atoms with Crippen molar-refractivity contribution >= 4 is 0 Å². The molecule has 3 rings (SSSR count). The second-order valence-corrected chi connectivity index (χ2v) is 3.87. The summed E-state index contributed by atoms with van der Waals surface area (Å²) in [5.41, 5.74) is 0. The molecule has 0 saturated carbocycles. The minimum Gasteiger partial charge on any atom is -0.298 e. The van der Waals surface area contributed by atoms with E-state index >= 15 is 0 Å². The summed E-state index contributed by atoms with van der Waals surface area (Å²) in [5.74, 6) is 0. The summed E-state index contributed by atoms with van der Waals surface area (Å²) in [6, 6.07) is 0. The van der Waals surface area contributed by atoms with Gasteiger partial charge in [-0.25, -0.2) is 0 Å². The maximum absolute atomic E-state index is 3.55. The van der Waals surface area contributed by atoms with Gasteiger partial charge in [-0.3, -0.25) is 20.4 Å². The summed E-state index contributed by atoms with van der Waals surface area (Å²) in [7, 11) is 0. The van der Waals surface area contributed by atoms with E-state index in [9.17, 15) is 0 Å². The van der Waals surface area contributed by atoms with E-state index in [1.54, 1.807) is 0 Å². The minimum atomic E-state index is 0.584. The number of hydrogen-bond acceptors (Lipinski definition) is 4. The largest absolute Gasteiger partial charge is 0.298 e. The summed E-state index contributed by atoms with van der Waals surface area (Å²) >= 11 is 0. The third-order valence-electron chi connectivity index (χ3n) is 3.27. The van der Waals surface area contributed by atoms with Crippen LogP contribution < -0.4 is 10.6 Å². The molecule has 0 radical (unpaired) electrons. The molecule has 3 aliphatic rings. The highest BCUT2D eigenvalue weighted by atomic mass is 15.5. The predicted octanol–water partition coefficient (Wildman–Crippen LogP) is -1.54. The van der Waals surface area contributed by atoms with Crippen molar-refractivity contribution in [3.63, 3.8) is 0 Å². The van der Waals surface area contributed by atoms with Crippen LogP contribution in [0.25, 0.3) is 0 Å². The number of piperazine rings is 1. The molecule has 3 aliphatic heterocycles. The quantitative estimate of drug-likeness (QED) is 0.459. The molecule has 0 amide bonds. The van der Waals surface area contributed by atoms with Crippen LogP contribution in [0.5, 0.6) is 0 Å². The van der Waals surface area contributed by atoms with Gasteiger partial charge in [0.25, 0.3) is 0 Å². The number of hydrogen-bond donors (Lipinski definition) is 2. The fourth-order valence-corrected chi connectivity index (χ4v) is 2.63. The summed E-state index contributed by atoms with van der Waals surface area (Å²) in [5, 5.41) is 7.10. The van der Waals surface area contributed by atoms with Gasteiger partial charge in [0, 0.05) is 39.3 Å². The van der Waals surface area contributed by atoms with Crippen LogP contribution in [0.1, 0.15) is 0 Å². The molecule has 0 spiro atoms. The molecule has 4 heteroatoms. The normalized spacial score (nSPS) is 43.0. The first-order valence-corrected chi connectivity index (χ1v) is 4.90. The van der Waals surface area contributed by atoms with Crippen molar-refractivity contribution in [1.29, 1.82) is 0 Å². The van der Waals surface area contributed by atoms with Crippen molar-refractivity contribution in [3.05, 3.63) is 0 Å². The average molecular weight is 168 g/mol. The maximum Gasteiger partial charge on any atom is 0.0895 e. The van der Waals surface area contributed by atoms with Gasteiger partial charge in [0.05, 0.1) is 12.3 Å². The van der Waals surface area contributed by atoms with Crippen molar-refractivity contribution in [2.75, 3.05) is 39.3 Å². The summed E-state index contributed by atoms with van der Waals surface area (Å²) in [6.07, 6.45) is 1.17. The Hall–Kier alpha value is -0.160. The van der Waals surface area contributed by atoms with Crippen LogP contribution in [0.3, 0.4) is 0 Å². The van der Waals surface area contributed by atoms with Crippen molar-refractivity contribution in [2.45, 2.75) is 12.3 Å². The third kappa shape index (κ3) is 0.925. The molecule has 4 nitrogen and oxygen atoms in total. The monoisotopic (exact) mass is 168 g/mol. The molecule has 3 heterocycles. The van der Waals surface area contributed by atoms with Gasteiger partial charge in [-0.2, -0.15) is 0 Å². The van der Waals surface area contributed by atoms with E-state index in [-0.39, 0.29) is 0 Å². The highest BCUT2D eigenvalue weighted by Gasteiger charge is 2.40. The Morgan fingerprint density at radius 1 is 0.750 bits per heavy atom. The van der Waals surface area contributed by atoms with Gasteiger partial charge in [0.15, 0.2) is 0 Å². The van der Waals surface area contributed by atoms with Crippen molar-refractivity contribution in [1.82, 2.24) is 20.4 Å². The zero-order chi connectivity index (χ0) is 7.97. The van der Waals surface area contributed by atoms with Crippen LogP contribution in [-0.4, -0.2) is 61.4 Å². The smallest absolute Gasteiger partial charge is 0.0895 e. The van der Waals surface area contributed by atoms with Gasteiger partial charge in [0.2, 0.25) is 0 Å². The minimum absolute atomic E-state index is 0.584. The van der Waals surface area contributed by atoms with Gasteiger partial charge in [-0.05, 0) is 0 Å². The first kappa shape index (κ1) is 7.26. The standard InChI is InChI=1S/C8H16N4/c1-3-11-5-6-12-4-2-10-8(12)7(11)9-1/h7-10H,1-6H2/t7-,8-/m1/s1. The molecule has 3 fully saturated rings. The number of nitrogens with one attached hydrogen (secondary N) is 2. The fraction of sp³-hybridized carbons (Fsp3) is 1.00. The topological polar surface area (TPSA) is 30.5 Å². The SMILES string of the molecule is C1CN2CCN3CCN[C@H]3[C@@H]2N1. The number of rotatable bonds is 0. The molecular formula is C8H16N4. The molecule has 68 valence electrons. The highest BCUT2D eigenvalue weighted by Crippen LogP contribution is 2.18. The molecule has 2 N–H and O–H groups in total. The van der Waals surface area contributed by atoms with Crippen LogP contribution in [0, 0.1) is 0 Å². The molecule has 0 aromatic heterocycles. The first-order chi connectivity index (χ1) is 5.95. The third-order valence-corrected chi connectivity index (χ3v) is 3.27. The molecule has 3 saturated heterocycles. The van der Waals surface area contributed by atoms with Gasteiger partial charge < -0.3 is 0 Å². The lowest BCUT2D eigenvalue weighted by Crippen LogP contribution is -2.61. The maximum atomic E-state index is 3.55. The van der Waals surface area contributed by atoms with Gasteiger partial charge >= 0.3 is 0 Å². The van der Waals surface area contributed by atoms with Crippen LogP contribution >= 0.6 is 0 Å². The highest BCUT2D eigenvalue weighted by molar-refractivity contribution is 4.95. The van der Waals surface area contributed by atoms with E-state index in [0.717, 1.165) is 13.1 Å². The van der Waals surface area contributed by atoms with Crippen molar-refractivity contribution in [2.24, 2.45) is 0 Å². The summed E-state index contributed by atoms with van der Waals surface area (Å²) in [4.78, 5) is 5.11. The van der Waals surface area contributed by atoms with Crippen LogP contribution in [0.4, 0.5) is 0 Å². The molecule has 12 heavy (non-hydrogen) atoms. The fourth-order valence-electron chi connectivity index (χ4n) is 2.63. The Balaban J connectivity index is 1.81. The zero-order valence-corrected chi connectivity index (χ0v) is 7.29. The number of nitrogens with zero attached hydrogens (tertiary/aromatic N) is 2. The van der Waals surface area contributed by atoms with Crippen LogP contribution in [-0.2, 0) is 0 Å². The van der Waals surface area contributed by atoms with Crippen molar-refractivity contribution < 1.29 is 0 Å². The Morgan fingerprint density at radius 3 is 1.75 bits per heavy atom. The van der Waals surface area contributed by atoms with Gasteiger partial charge in [-0.1, -0.05) is 0 Å². The van der Waals surface area contributed by atoms with Crippen LogP contribution in [0.15, 0.2) is 0 Å². The lowest BCUT2D eigenvalue weighted by atomic mass is 10.2. The van der Waals surface area contributed by atoms with Gasteiger partial charge in [0.1, 0.15) is 0 Å². The Labute approximate surface area is 72.9 Å². The van der Waals surface area contributed by atoms with E-state index in [1.807, 2.05) is 0 Å². The zero-order valence-electron chi connectivity index (χ0n) is 7.29. The first-order valence-electron chi connectivity index (χ1n) is 4.90. The Bertz CT molecular complexity index is 164. The summed E-state index contributed by atoms with van der Waals surface area (Å²) in [6.45, 7) is 7.28. The molecular weight excluding hydrogens is 152 g/mol. The van der Waals surface area contributed by atoms with E-state index in [1.165, 1.54) is 26.2 Å². The predicted molar refractivity (Wildman–Crippen MR) is 46.7 cm³/mol. The lowest BCUT2D eigenvalue weighted by molar-refractivity contribution is 0.0535. The molecule has 2 atom stereocenters. The van der Waals surface area contributed by atoms with E-state index in [4.69, 9.17) is 0 Å². The van der Waals surface area contributed by atoms with Gasteiger partial charge in [-0.15, -0.1) is 0 Å². The molecule has 0 bridgehead atoms. The lowest BCUT2D eigenvalue weighted by Gasteiger charge is -2.40. The second kappa shape index (κ2) is 2.67.